The predicted octanol–water partition coefficient (Wildman–Crippen LogP) is 1.33. The molecule has 0 bridgehead atoms. The van der Waals surface area contributed by atoms with Crippen LogP contribution >= 0.6 is 15.9 Å². The molecule has 2 amide bonds. The number of carbonyl (C=O) groups is 2. The fourth-order valence-electron chi connectivity index (χ4n) is 1.67. The molecule has 0 spiro atoms. The average molecular weight is 316 g/mol. The van der Waals surface area contributed by atoms with Gasteiger partial charge in [-0.1, -0.05) is 15.9 Å². The molecule has 1 aromatic heterocycles. The van der Waals surface area contributed by atoms with Gasteiger partial charge in [-0.05, 0) is 18.6 Å². The Kier molecular flexibility index (Phi) is 3.90. The van der Waals surface area contributed by atoms with Crippen LogP contribution in [0.4, 0.5) is 10.1 Å². The molecule has 0 saturated carbocycles. The Morgan fingerprint density at radius 1 is 1.50 bits per heavy atom. The maximum absolute atomic E-state index is 13.6. The van der Waals surface area contributed by atoms with Crippen LogP contribution in [0.5, 0.6) is 0 Å². The van der Waals surface area contributed by atoms with Gasteiger partial charge in [0.1, 0.15) is 6.04 Å². The molecular formula is C11H11BrFN3O2. The first kappa shape index (κ1) is 12.9. The monoisotopic (exact) mass is 315 g/mol. The number of nitrogens with zero attached hydrogens (tertiary/aromatic N) is 1. The van der Waals surface area contributed by atoms with Crippen molar-refractivity contribution in [3.05, 3.63) is 23.8 Å². The molecule has 7 heteroatoms. The fourth-order valence-corrected chi connectivity index (χ4v) is 1.99. The largest absolute Gasteiger partial charge is 0.370 e. The Balaban J connectivity index is 2.09. The van der Waals surface area contributed by atoms with E-state index in [-0.39, 0.29) is 18.0 Å². The van der Waals surface area contributed by atoms with Crippen LogP contribution in [0.15, 0.2) is 12.1 Å². The number of carbonyl (C=O) groups excluding carboxylic acids is 2. The van der Waals surface area contributed by atoms with Gasteiger partial charge < -0.3 is 5.32 Å². The van der Waals surface area contributed by atoms with Crippen LogP contribution < -0.4 is 10.6 Å². The number of hydrogen-bond donors (Lipinski definition) is 2. The number of pyridine rings is 1. The summed E-state index contributed by atoms with van der Waals surface area (Å²) in [6.45, 7) is 0. The number of amides is 2. The zero-order valence-electron chi connectivity index (χ0n) is 9.37. The van der Waals surface area contributed by atoms with Gasteiger partial charge in [0, 0.05) is 11.8 Å². The molecule has 2 rings (SSSR count). The van der Waals surface area contributed by atoms with Crippen molar-refractivity contribution < 1.29 is 14.0 Å². The topological polar surface area (TPSA) is 71.1 Å². The first-order valence-electron chi connectivity index (χ1n) is 5.42. The lowest BCUT2D eigenvalue weighted by atomic mass is 10.1. The summed E-state index contributed by atoms with van der Waals surface area (Å²) in [5, 5.41) is 5.42. The molecule has 1 unspecified atom stereocenters. The van der Waals surface area contributed by atoms with Gasteiger partial charge in [-0.2, -0.15) is 4.39 Å². The third kappa shape index (κ3) is 2.84. The van der Waals surface area contributed by atoms with Crippen molar-refractivity contribution in [2.45, 2.75) is 24.2 Å². The molecule has 1 saturated heterocycles. The van der Waals surface area contributed by atoms with E-state index in [1.165, 1.54) is 6.07 Å². The molecule has 1 atom stereocenters. The number of nitrogens with one attached hydrogen (secondary N) is 2. The molecule has 0 aromatic carbocycles. The maximum Gasteiger partial charge on any atom is 0.249 e. The molecule has 5 nitrogen and oxygen atoms in total. The van der Waals surface area contributed by atoms with Crippen LogP contribution in [0.3, 0.4) is 0 Å². The van der Waals surface area contributed by atoms with Crippen molar-refractivity contribution in [3.8, 4) is 0 Å². The minimum Gasteiger partial charge on any atom is -0.370 e. The molecule has 2 heterocycles. The maximum atomic E-state index is 13.6. The average Bonchev–Trinajstić information content (AvgIpc) is 2.34. The van der Waals surface area contributed by atoms with Gasteiger partial charge in [0.15, 0.2) is 0 Å². The SMILES string of the molecule is O=C1CCC(Nc2ccc(CBr)nc2F)C(=O)N1. The Morgan fingerprint density at radius 2 is 2.28 bits per heavy atom. The molecule has 0 radical (unpaired) electrons. The van der Waals surface area contributed by atoms with E-state index in [0.717, 1.165) is 0 Å². The second-order valence-corrected chi connectivity index (χ2v) is 4.48. The summed E-state index contributed by atoms with van der Waals surface area (Å²) in [7, 11) is 0. The summed E-state index contributed by atoms with van der Waals surface area (Å²) in [6, 6.07) is 2.59. The van der Waals surface area contributed by atoms with Gasteiger partial charge in [0.05, 0.1) is 11.4 Å². The van der Waals surface area contributed by atoms with E-state index in [4.69, 9.17) is 0 Å². The minimum atomic E-state index is -0.656. The highest BCUT2D eigenvalue weighted by atomic mass is 79.9. The van der Waals surface area contributed by atoms with Crippen LogP contribution in [0, 0.1) is 5.95 Å². The summed E-state index contributed by atoms with van der Waals surface area (Å²) in [6.07, 6.45) is 0.599. The van der Waals surface area contributed by atoms with E-state index in [9.17, 15) is 14.0 Å². The van der Waals surface area contributed by atoms with Gasteiger partial charge in [0.25, 0.3) is 0 Å². The lowest BCUT2D eigenvalue weighted by molar-refractivity contribution is -0.133. The van der Waals surface area contributed by atoms with Gasteiger partial charge in [-0.15, -0.1) is 0 Å². The number of imide groups is 1. The van der Waals surface area contributed by atoms with E-state index < -0.39 is 17.9 Å². The number of anilines is 1. The zero-order chi connectivity index (χ0) is 13.1. The second kappa shape index (κ2) is 5.43. The number of halogens is 2. The first-order chi connectivity index (χ1) is 8.60. The van der Waals surface area contributed by atoms with Crippen LogP contribution in [0.25, 0.3) is 0 Å². The smallest absolute Gasteiger partial charge is 0.249 e. The molecule has 18 heavy (non-hydrogen) atoms. The van der Waals surface area contributed by atoms with E-state index in [2.05, 4.69) is 31.5 Å². The van der Waals surface area contributed by atoms with E-state index >= 15 is 0 Å². The lowest BCUT2D eigenvalue weighted by Gasteiger charge is -2.22. The summed E-state index contributed by atoms with van der Waals surface area (Å²) in [4.78, 5) is 26.2. The highest BCUT2D eigenvalue weighted by Gasteiger charge is 2.27. The van der Waals surface area contributed by atoms with Gasteiger partial charge in [-0.25, -0.2) is 4.98 Å². The van der Waals surface area contributed by atoms with Gasteiger partial charge >= 0.3 is 0 Å². The van der Waals surface area contributed by atoms with Gasteiger partial charge in [-0.3, -0.25) is 14.9 Å². The molecule has 1 aromatic rings. The van der Waals surface area contributed by atoms with E-state index in [1.54, 1.807) is 6.07 Å². The standard InChI is InChI=1S/C11H11BrFN3O2/c12-5-6-1-2-7(10(13)14-6)15-8-3-4-9(17)16-11(8)18/h1-2,8,15H,3-5H2,(H,16,17,18). The molecular weight excluding hydrogens is 305 g/mol. The summed E-state index contributed by atoms with van der Waals surface area (Å²) < 4.78 is 13.6. The van der Waals surface area contributed by atoms with Crippen LogP contribution in [0.1, 0.15) is 18.5 Å². The number of hydrogen-bond acceptors (Lipinski definition) is 4. The van der Waals surface area contributed by atoms with Crippen molar-refractivity contribution >= 4 is 33.4 Å². The summed E-state index contributed by atoms with van der Waals surface area (Å²) >= 11 is 3.18. The fraction of sp³-hybridized carbons (Fsp3) is 0.364. The van der Waals surface area contributed by atoms with E-state index in [1.807, 2.05) is 0 Å². The molecule has 96 valence electrons. The lowest BCUT2D eigenvalue weighted by Crippen LogP contribution is -2.47. The van der Waals surface area contributed by atoms with Crippen LogP contribution in [0.2, 0.25) is 0 Å². The molecule has 0 aliphatic carbocycles. The summed E-state index contributed by atoms with van der Waals surface area (Å²) in [5.41, 5.74) is 0.732. The van der Waals surface area contributed by atoms with E-state index in [0.29, 0.717) is 17.4 Å². The third-order valence-corrected chi connectivity index (χ3v) is 3.19. The Hall–Kier alpha value is -1.50. The zero-order valence-corrected chi connectivity index (χ0v) is 11.0. The normalized spacial score (nSPS) is 19.6. The number of rotatable bonds is 3. The van der Waals surface area contributed by atoms with Crippen LogP contribution in [-0.2, 0) is 14.9 Å². The number of aromatic nitrogens is 1. The number of piperidine rings is 1. The Bertz CT molecular complexity index is 495. The predicted molar refractivity (Wildman–Crippen MR) is 66.6 cm³/mol. The Labute approximate surface area is 111 Å². The highest BCUT2D eigenvalue weighted by molar-refractivity contribution is 9.08. The number of alkyl halides is 1. The van der Waals surface area contributed by atoms with Crippen molar-refractivity contribution in [2.24, 2.45) is 0 Å². The first-order valence-corrected chi connectivity index (χ1v) is 6.54. The molecule has 1 aliphatic rings. The molecule has 1 fully saturated rings. The molecule has 2 N–H and O–H groups in total. The Morgan fingerprint density at radius 3 is 2.89 bits per heavy atom. The second-order valence-electron chi connectivity index (χ2n) is 3.92. The third-order valence-electron chi connectivity index (χ3n) is 2.61. The minimum absolute atomic E-state index is 0.161. The quantitative estimate of drug-likeness (QED) is 0.501. The highest BCUT2D eigenvalue weighted by Crippen LogP contribution is 2.17. The van der Waals surface area contributed by atoms with Crippen molar-refractivity contribution in [3.63, 3.8) is 0 Å². The van der Waals surface area contributed by atoms with Crippen molar-refractivity contribution in [1.82, 2.24) is 10.3 Å². The van der Waals surface area contributed by atoms with Crippen molar-refractivity contribution in [1.29, 1.82) is 0 Å². The van der Waals surface area contributed by atoms with Gasteiger partial charge in [0.2, 0.25) is 17.8 Å². The van der Waals surface area contributed by atoms with Crippen molar-refractivity contribution in [2.75, 3.05) is 5.32 Å². The molecule has 1 aliphatic heterocycles. The van der Waals surface area contributed by atoms with Crippen LogP contribution in [-0.4, -0.2) is 22.8 Å². The summed E-state index contributed by atoms with van der Waals surface area (Å²) in [5.74, 6) is -1.39.